The van der Waals surface area contributed by atoms with Crippen LogP contribution in [0.5, 0.6) is 0 Å². The monoisotopic (exact) mass is 344 g/mol. The molecular formula is C19H25FN4O. The molecule has 0 saturated carbocycles. The summed E-state index contributed by atoms with van der Waals surface area (Å²) in [5.41, 5.74) is 1.04. The fourth-order valence-corrected chi connectivity index (χ4v) is 3.31. The van der Waals surface area contributed by atoms with Crippen LogP contribution in [0.3, 0.4) is 0 Å². The van der Waals surface area contributed by atoms with Gasteiger partial charge in [0.05, 0.1) is 0 Å². The summed E-state index contributed by atoms with van der Waals surface area (Å²) < 4.78 is 15.0. The summed E-state index contributed by atoms with van der Waals surface area (Å²) in [5.74, 6) is 0.895. The zero-order valence-electron chi connectivity index (χ0n) is 14.6. The minimum absolute atomic E-state index is 0.0935. The number of aromatic nitrogens is 2. The normalized spacial score (nSPS) is 15.4. The van der Waals surface area contributed by atoms with Crippen LogP contribution in [0.2, 0.25) is 0 Å². The Morgan fingerprint density at radius 1 is 1.28 bits per heavy atom. The summed E-state index contributed by atoms with van der Waals surface area (Å²) in [4.78, 5) is 18.7. The van der Waals surface area contributed by atoms with E-state index in [0.717, 1.165) is 43.9 Å². The maximum atomic E-state index is 13.0. The van der Waals surface area contributed by atoms with E-state index in [9.17, 15) is 9.18 Å². The third-order valence-corrected chi connectivity index (χ3v) is 4.75. The van der Waals surface area contributed by atoms with Crippen LogP contribution >= 0.6 is 0 Å². The summed E-state index contributed by atoms with van der Waals surface area (Å²) in [5, 5.41) is 3.14. The number of benzene rings is 1. The molecule has 25 heavy (non-hydrogen) atoms. The van der Waals surface area contributed by atoms with Gasteiger partial charge in [-0.05, 0) is 37.1 Å². The van der Waals surface area contributed by atoms with Crippen molar-refractivity contribution in [1.82, 2.24) is 14.9 Å². The van der Waals surface area contributed by atoms with Gasteiger partial charge in [-0.15, -0.1) is 0 Å². The molecule has 1 aliphatic rings. The number of piperidine rings is 1. The van der Waals surface area contributed by atoms with Gasteiger partial charge in [0.15, 0.2) is 0 Å². The summed E-state index contributed by atoms with van der Waals surface area (Å²) in [6.07, 6.45) is 6.87. The van der Waals surface area contributed by atoms with Crippen molar-refractivity contribution in [3.8, 4) is 0 Å². The summed E-state index contributed by atoms with van der Waals surface area (Å²) >= 11 is 0. The molecule has 0 bridgehead atoms. The van der Waals surface area contributed by atoms with Crippen molar-refractivity contribution < 1.29 is 9.18 Å². The molecule has 1 fully saturated rings. The van der Waals surface area contributed by atoms with E-state index in [4.69, 9.17) is 0 Å². The second kappa shape index (κ2) is 8.14. The Kier molecular flexibility index (Phi) is 5.68. The average Bonchev–Trinajstić information content (AvgIpc) is 3.09. The molecular weight excluding hydrogens is 319 g/mol. The van der Waals surface area contributed by atoms with Crippen LogP contribution in [-0.4, -0.2) is 34.6 Å². The molecule has 5 nitrogen and oxygen atoms in total. The van der Waals surface area contributed by atoms with Gasteiger partial charge in [-0.1, -0.05) is 6.92 Å². The van der Waals surface area contributed by atoms with E-state index in [-0.39, 0.29) is 17.8 Å². The van der Waals surface area contributed by atoms with Crippen molar-refractivity contribution in [2.45, 2.75) is 45.2 Å². The molecule has 0 spiro atoms. The first kappa shape index (κ1) is 17.5. The van der Waals surface area contributed by atoms with Crippen molar-refractivity contribution >= 4 is 11.6 Å². The lowest BCUT2D eigenvalue weighted by Gasteiger charge is -2.34. The molecule has 0 atom stereocenters. The van der Waals surface area contributed by atoms with Crippen molar-refractivity contribution in [1.29, 1.82) is 0 Å². The number of carbonyl (C=O) groups is 1. The van der Waals surface area contributed by atoms with Gasteiger partial charge in [0.25, 0.3) is 0 Å². The van der Waals surface area contributed by atoms with Gasteiger partial charge >= 0.3 is 0 Å². The predicted octanol–water partition coefficient (Wildman–Crippen LogP) is 2.76. The number of nitrogens with one attached hydrogen (secondary N) is 1. The number of nitrogens with zero attached hydrogens (tertiary/aromatic N) is 3. The Bertz CT molecular complexity index is 690. The van der Waals surface area contributed by atoms with E-state index in [1.165, 1.54) is 12.1 Å². The van der Waals surface area contributed by atoms with Crippen LogP contribution in [0.25, 0.3) is 0 Å². The number of hydrogen-bond acceptors (Lipinski definition) is 3. The van der Waals surface area contributed by atoms with Crippen LogP contribution in [0, 0.1) is 5.82 Å². The molecule has 1 N–H and O–H groups in total. The van der Waals surface area contributed by atoms with E-state index >= 15 is 0 Å². The Morgan fingerprint density at radius 3 is 2.68 bits per heavy atom. The van der Waals surface area contributed by atoms with Crippen LogP contribution in [-0.2, 0) is 17.8 Å². The lowest BCUT2D eigenvalue weighted by atomic mass is 10.0. The minimum Gasteiger partial charge on any atom is -0.371 e. The first-order valence-electron chi connectivity index (χ1n) is 8.95. The Hall–Kier alpha value is -2.37. The molecule has 1 aliphatic heterocycles. The predicted molar refractivity (Wildman–Crippen MR) is 96.0 cm³/mol. The highest BCUT2D eigenvalue weighted by Crippen LogP contribution is 2.20. The van der Waals surface area contributed by atoms with Gasteiger partial charge < -0.3 is 14.8 Å². The number of anilines is 1. The number of imidazole rings is 1. The molecule has 2 aromatic rings. The van der Waals surface area contributed by atoms with E-state index in [2.05, 4.69) is 22.1 Å². The summed E-state index contributed by atoms with van der Waals surface area (Å²) in [6, 6.07) is 6.82. The van der Waals surface area contributed by atoms with Crippen molar-refractivity contribution in [3.63, 3.8) is 0 Å². The first-order valence-corrected chi connectivity index (χ1v) is 8.95. The Labute approximate surface area is 147 Å². The van der Waals surface area contributed by atoms with Gasteiger partial charge in [-0.3, -0.25) is 4.79 Å². The topological polar surface area (TPSA) is 50.2 Å². The molecule has 6 heteroatoms. The highest BCUT2D eigenvalue weighted by atomic mass is 19.1. The Balaban J connectivity index is 1.42. The number of amides is 1. The van der Waals surface area contributed by atoms with E-state index in [1.54, 1.807) is 6.20 Å². The van der Waals surface area contributed by atoms with Crippen LogP contribution < -0.4 is 10.2 Å². The van der Waals surface area contributed by atoms with Gasteiger partial charge in [0.2, 0.25) is 5.91 Å². The summed E-state index contributed by atoms with van der Waals surface area (Å²) in [6.45, 7) is 4.48. The van der Waals surface area contributed by atoms with Crippen LogP contribution in [0.1, 0.15) is 32.0 Å². The number of halogens is 1. The summed E-state index contributed by atoms with van der Waals surface area (Å²) in [7, 11) is 0. The van der Waals surface area contributed by atoms with E-state index < -0.39 is 0 Å². The standard InChI is InChI=1S/C19H25FN4O/c1-2-18-21-10-14-24(18)13-9-19(25)22-16-7-11-23(12-8-16)17-5-3-15(20)4-6-17/h3-6,10,14,16H,2,7-9,11-13H2,1H3,(H,22,25). The molecule has 0 unspecified atom stereocenters. The molecule has 0 aliphatic carbocycles. The molecule has 1 aromatic carbocycles. The zero-order valence-corrected chi connectivity index (χ0v) is 14.6. The zero-order chi connectivity index (χ0) is 17.6. The van der Waals surface area contributed by atoms with E-state index in [1.807, 2.05) is 22.9 Å². The number of carbonyl (C=O) groups excluding carboxylic acids is 1. The molecule has 134 valence electrons. The number of rotatable bonds is 6. The molecule has 0 radical (unpaired) electrons. The SMILES string of the molecule is CCc1nccn1CCC(=O)NC1CCN(c2ccc(F)cc2)CC1. The molecule has 1 amide bonds. The molecule has 1 aromatic heterocycles. The van der Waals surface area contributed by atoms with E-state index in [0.29, 0.717) is 13.0 Å². The maximum absolute atomic E-state index is 13.0. The average molecular weight is 344 g/mol. The molecule has 2 heterocycles. The van der Waals surface area contributed by atoms with Crippen molar-refractivity contribution in [2.24, 2.45) is 0 Å². The third kappa shape index (κ3) is 4.59. The maximum Gasteiger partial charge on any atom is 0.222 e. The highest BCUT2D eigenvalue weighted by molar-refractivity contribution is 5.76. The second-order valence-corrected chi connectivity index (χ2v) is 6.45. The third-order valence-electron chi connectivity index (χ3n) is 4.75. The van der Waals surface area contributed by atoms with Gasteiger partial charge in [0, 0.05) is 56.6 Å². The largest absolute Gasteiger partial charge is 0.371 e. The smallest absolute Gasteiger partial charge is 0.222 e. The Morgan fingerprint density at radius 2 is 2.00 bits per heavy atom. The van der Waals surface area contributed by atoms with Crippen LogP contribution in [0.4, 0.5) is 10.1 Å². The lowest BCUT2D eigenvalue weighted by molar-refractivity contribution is -0.122. The molecule has 3 rings (SSSR count). The number of hydrogen-bond donors (Lipinski definition) is 1. The lowest BCUT2D eigenvalue weighted by Crippen LogP contribution is -2.44. The first-order chi connectivity index (χ1) is 12.2. The fourth-order valence-electron chi connectivity index (χ4n) is 3.31. The second-order valence-electron chi connectivity index (χ2n) is 6.45. The quantitative estimate of drug-likeness (QED) is 0.877. The fraction of sp³-hybridized carbons (Fsp3) is 0.474. The van der Waals surface area contributed by atoms with Gasteiger partial charge in [-0.25, -0.2) is 9.37 Å². The highest BCUT2D eigenvalue weighted by Gasteiger charge is 2.20. The van der Waals surface area contributed by atoms with Gasteiger partial charge in [0.1, 0.15) is 11.6 Å². The molecule has 1 saturated heterocycles. The number of aryl methyl sites for hydroxylation is 2. The van der Waals surface area contributed by atoms with Gasteiger partial charge in [-0.2, -0.15) is 0 Å². The van der Waals surface area contributed by atoms with Crippen molar-refractivity contribution in [2.75, 3.05) is 18.0 Å². The van der Waals surface area contributed by atoms with Crippen LogP contribution in [0.15, 0.2) is 36.7 Å². The minimum atomic E-state index is -0.213. The van der Waals surface area contributed by atoms with Crippen molar-refractivity contribution in [3.05, 3.63) is 48.3 Å².